The predicted molar refractivity (Wildman–Crippen MR) is 608 cm³/mol. The number of aromatic nitrogens is 1. The van der Waals surface area contributed by atoms with Crippen molar-refractivity contribution in [1.82, 2.24) is 4.57 Å². The molecule has 6 aliphatic rings. The van der Waals surface area contributed by atoms with E-state index in [0.29, 0.717) is 0 Å². The first kappa shape index (κ1) is 88.9. The molecule has 0 spiro atoms. The summed E-state index contributed by atoms with van der Waals surface area (Å²) in [5.41, 5.74) is 48.5. The number of rotatable bonds is 9. The van der Waals surface area contributed by atoms with E-state index in [4.69, 9.17) is 0 Å². The Hall–Kier alpha value is -15.0. The number of nitrogens with zero attached hydrogens (tertiary/aromatic N) is 7. The lowest BCUT2D eigenvalue weighted by molar-refractivity contribution is 0.590. The molecule has 0 aliphatic carbocycles. The van der Waals surface area contributed by atoms with Crippen molar-refractivity contribution in [1.29, 1.82) is 0 Å². The van der Waals surface area contributed by atoms with E-state index < -0.39 is 8.07 Å². The zero-order valence-electron chi connectivity index (χ0n) is 83.5. The van der Waals surface area contributed by atoms with Crippen molar-refractivity contribution in [2.45, 2.75) is 138 Å². The first-order chi connectivity index (χ1) is 67.5. The maximum atomic E-state index is 2.53. The van der Waals surface area contributed by atoms with Crippen LogP contribution in [0.1, 0.15) is 116 Å². The summed E-state index contributed by atoms with van der Waals surface area (Å²) in [6, 6.07) is 152. The summed E-state index contributed by atoms with van der Waals surface area (Å²) in [7, 11) is -1.40. The lowest BCUT2D eigenvalue weighted by Crippen LogP contribution is -2.61. The van der Waals surface area contributed by atoms with E-state index in [1.54, 1.807) is 0 Å². The lowest BCUT2D eigenvalue weighted by atomic mass is 9.33. The summed E-state index contributed by atoms with van der Waals surface area (Å²) in [6.45, 7) is 39.7. The molecule has 0 saturated heterocycles. The largest absolute Gasteiger partial charge is 0.311 e. The highest BCUT2D eigenvalue weighted by Crippen LogP contribution is 2.52. The summed E-state index contributed by atoms with van der Waals surface area (Å²) >= 11 is 0. The van der Waals surface area contributed by atoms with Crippen LogP contribution in [-0.2, 0) is 21.7 Å². The predicted octanol–water partition coefficient (Wildman–Crippen LogP) is 28.4. The van der Waals surface area contributed by atoms with Gasteiger partial charge in [-0.25, -0.2) is 0 Å². The van der Waals surface area contributed by atoms with Crippen LogP contribution in [0.2, 0.25) is 19.6 Å². The van der Waals surface area contributed by atoms with Crippen LogP contribution < -0.4 is 83.8 Å². The van der Waals surface area contributed by atoms with Crippen LogP contribution in [-0.4, -0.2) is 32.8 Å². The van der Waals surface area contributed by atoms with Gasteiger partial charge in [-0.2, -0.15) is 0 Å². The van der Waals surface area contributed by atoms with Gasteiger partial charge >= 0.3 is 0 Å². The van der Waals surface area contributed by atoms with Gasteiger partial charge in [0.1, 0.15) is 0 Å². The highest BCUT2D eigenvalue weighted by molar-refractivity contribution is 7.02. The number of aryl methyl sites for hydroxylation is 2. The molecule has 7 heterocycles. The first-order valence-electron chi connectivity index (χ1n) is 50.0. The summed E-state index contributed by atoms with van der Waals surface area (Å²) in [4.78, 5) is 15.0. The maximum absolute atomic E-state index is 2.53. The van der Waals surface area contributed by atoms with Crippen molar-refractivity contribution in [3.8, 4) is 16.8 Å². The molecule has 0 N–H and O–H groups in total. The summed E-state index contributed by atoms with van der Waals surface area (Å²) < 4.78 is 2.41. The van der Waals surface area contributed by atoms with Crippen LogP contribution in [0.3, 0.4) is 0 Å². The molecular formula is C129H118B3N7Si. The van der Waals surface area contributed by atoms with Crippen LogP contribution in [0.4, 0.5) is 102 Å². The van der Waals surface area contributed by atoms with E-state index in [1.165, 1.54) is 223 Å². The van der Waals surface area contributed by atoms with Gasteiger partial charge in [0.2, 0.25) is 0 Å². The first-order valence-corrected chi connectivity index (χ1v) is 53.5. The van der Waals surface area contributed by atoms with E-state index in [9.17, 15) is 0 Å². The van der Waals surface area contributed by atoms with Gasteiger partial charge in [0, 0.05) is 113 Å². The Bertz CT molecular complexity index is 7800. The molecule has 11 heteroatoms. The fourth-order valence-electron chi connectivity index (χ4n) is 22.9. The smallest absolute Gasteiger partial charge is 0.252 e. The zero-order valence-corrected chi connectivity index (χ0v) is 84.5. The van der Waals surface area contributed by atoms with E-state index in [2.05, 4.69) is 557 Å². The molecule has 1 aromatic heterocycles. The minimum absolute atomic E-state index is 0.0274. The molecule has 7 nitrogen and oxygen atoms in total. The van der Waals surface area contributed by atoms with Gasteiger partial charge in [-0.1, -0.05) is 362 Å². The summed E-state index contributed by atoms with van der Waals surface area (Å²) in [5.74, 6) is 0. The topological polar surface area (TPSA) is 24.4 Å². The molecule has 6 aliphatic heterocycles. The van der Waals surface area contributed by atoms with E-state index in [1.807, 2.05) is 0 Å². The van der Waals surface area contributed by atoms with Gasteiger partial charge in [0.25, 0.3) is 20.1 Å². The van der Waals surface area contributed by atoms with Crippen molar-refractivity contribution in [3.05, 3.63) is 440 Å². The van der Waals surface area contributed by atoms with Crippen LogP contribution in [0, 0.1) is 13.8 Å². The summed E-state index contributed by atoms with van der Waals surface area (Å²) in [6.07, 6.45) is 0. The highest BCUT2D eigenvalue weighted by Gasteiger charge is 2.48. The molecule has 140 heavy (non-hydrogen) atoms. The Labute approximate surface area is 829 Å². The highest BCUT2D eigenvalue weighted by atomic mass is 28.3. The third-order valence-electron chi connectivity index (χ3n) is 30.0. The van der Waals surface area contributed by atoms with Crippen LogP contribution in [0.15, 0.2) is 406 Å². The Morgan fingerprint density at radius 3 is 0.964 bits per heavy atom. The van der Waals surface area contributed by atoms with E-state index in [0.717, 1.165) is 5.69 Å². The molecule has 0 fully saturated rings. The normalized spacial score (nSPS) is 13.6. The lowest BCUT2D eigenvalue weighted by Gasteiger charge is -2.45. The minimum Gasteiger partial charge on any atom is -0.311 e. The standard InChI is InChI=1S/C46H53BN2.C44H32BN3.C39H33BN2Si/c1-43(2,3)30-16-22-34(23-17-30)48-38-26-20-32(45(7,8)9)28-36(38)47-37-29-33(46(10,11)12)21-27-39(37)49(41-15-13-14-40(48)42(41)47)35-24-18-31(19-25-35)44(4,5)6;1-29-22-25-32(26-23-29)47-38-27-24-30(2)28-35(38)45-34-15-7-9-17-37(34)48(42-21-11-20-41(47)44(42)45)40-19-10-18-39-43(40)33-14-6-8-16-36(33)46(39)31-12-4-3-5-13-31;1-43(2,3)32-24-22-28(23-25-32)29-26-37-39-38(27-29)42(31-16-8-5-9-17-31)36-21-13-11-19-34(36)40(39)33-18-10-12-20-35(33)41(37)30-14-6-4-7-15-30/h13-29H,1-12H3;3-28H,1-2H3;4-27H,1-3H3. The fourth-order valence-corrected chi connectivity index (χ4v) is 24.0. The molecule has 0 radical (unpaired) electrons. The van der Waals surface area contributed by atoms with E-state index >= 15 is 0 Å². The Morgan fingerprint density at radius 2 is 0.514 bits per heavy atom. The van der Waals surface area contributed by atoms with E-state index in [-0.39, 0.29) is 41.8 Å². The number of hydrogen-bond acceptors (Lipinski definition) is 6. The molecule has 25 rings (SSSR count). The molecule has 0 saturated carbocycles. The van der Waals surface area contributed by atoms with Gasteiger partial charge < -0.3 is 34.0 Å². The zero-order chi connectivity index (χ0) is 96.3. The van der Waals surface area contributed by atoms with Crippen molar-refractivity contribution in [3.63, 3.8) is 0 Å². The molecule has 0 unspecified atom stereocenters. The Balaban J connectivity index is 0.000000117. The monoisotopic (exact) mass is 1830 g/mol. The van der Waals surface area contributed by atoms with Crippen molar-refractivity contribution in [2.24, 2.45) is 0 Å². The second kappa shape index (κ2) is 34.0. The summed E-state index contributed by atoms with van der Waals surface area (Å²) in [5, 5.41) is 3.99. The number of anilines is 18. The molecule has 0 amide bonds. The van der Waals surface area contributed by atoms with Crippen molar-refractivity contribution in [2.75, 3.05) is 29.4 Å². The van der Waals surface area contributed by atoms with Crippen LogP contribution in [0.25, 0.3) is 38.6 Å². The maximum Gasteiger partial charge on any atom is 0.252 e. The van der Waals surface area contributed by atoms with Gasteiger partial charge in [-0.3, -0.25) is 0 Å². The molecule has 0 bridgehead atoms. The number of fused-ring (bicyclic) bond motifs is 15. The van der Waals surface area contributed by atoms with Gasteiger partial charge in [-0.05, 0) is 282 Å². The quantitative estimate of drug-likeness (QED) is 0.134. The van der Waals surface area contributed by atoms with Crippen LogP contribution >= 0.6 is 0 Å². The third-order valence-corrected chi connectivity index (χ3v) is 32.0. The third kappa shape index (κ3) is 15.1. The molecule has 0 atom stereocenters. The number of para-hydroxylation sites is 7. The molecule has 19 aromatic rings. The average molecular weight is 1830 g/mol. The SMILES string of the molecule is CC(C)(C)c1ccc(N2c3ccc(C(C)(C)C)cc3B3c4cc(C(C)(C)C)ccc4N(c4ccc(C(C)(C)C)cc4)c4cccc2c43)cc1.C[Si](C)(C)c1ccc(-c2cc3c4c(c2)N(c2ccccc2)c2ccccc2B4c2ccccc2N3c2ccccc2)cc1.Cc1ccc(N2c3ccc(C)cc3B3c4ccccc4N(c4cccc5c4c4ccccc4n5-c4ccccc4)c4cccc2c43)cc1. The molecule has 18 aromatic carbocycles. The van der Waals surface area contributed by atoms with Gasteiger partial charge in [-0.15, -0.1) is 0 Å². The Morgan fingerprint density at radius 1 is 0.207 bits per heavy atom. The molecule has 682 valence electrons. The molecular weight excluding hydrogens is 1710 g/mol. The minimum atomic E-state index is -1.40. The fraction of sp³-hybridized carbons (Fsp3) is 0.163. The van der Waals surface area contributed by atoms with Gasteiger partial charge in [0.15, 0.2) is 0 Å². The van der Waals surface area contributed by atoms with Crippen molar-refractivity contribution >= 4 is 207 Å². The average Bonchev–Trinajstić information content (AvgIpc) is 0.924. The Kier molecular flexibility index (Phi) is 21.6. The number of benzene rings is 18. The second-order valence-electron chi connectivity index (χ2n) is 44.2. The van der Waals surface area contributed by atoms with Crippen molar-refractivity contribution < 1.29 is 0 Å². The number of hydrogen-bond donors (Lipinski definition) is 0. The van der Waals surface area contributed by atoms with Crippen LogP contribution in [0.5, 0.6) is 0 Å². The second-order valence-corrected chi connectivity index (χ2v) is 49.3. The van der Waals surface area contributed by atoms with Gasteiger partial charge in [0.05, 0.1) is 24.8 Å².